The van der Waals surface area contributed by atoms with Crippen molar-refractivity contribution in [3.8, 4) is 0 Å². The van der Waals surface area contributed by atoms with Gasteiger partial charge >= 0.3 is 5.97 Å². The minimum atomic E-state index is -0.252. The van der Waals surface area contributed by atoms with E-state index < -0.39 is 0 Å². The lowest BCUT2D eigenvalue weighted by Crippen LogP contribution is -2.11. The lowest BCUT2D eigenvalue weighted by molar-refractivity contribution is -0.139. The second-order valence-electron chi connectivity index (χ2n) is 7.69. The van der Waals surface area contributed by atoms with Gasteiger partial charge in [0.2, 0.25) is 0 Å². The number of rotatable bonds is 11. The highest BCUT2D eigenvalue weighted by atomic mass is 32.2. The molecule has 0 aliphatic carbocycles. The van der Waals surface area contributed by atoms with Crippen LogP contribution in [-0.2, 0) is 28.9 Å². The van der Waals surface area contributed by atoms with Gasteiger partial charge in [0, 0.05) is 17.6 Å². The van der Waals surface area contributed by atoms with Crippen molar-refractivity contribution in [2.24, 2.45) is 0 Å². The van der Waals surface area contributed by atoms with Crippen LogP contribution in [0.15, 0.2) is 65.1 Å². The Morgan fingerprint density at radius 2 is 2.00 bits per heavy atom. The van der Waals surface area contributed by atoms with Gasteiger partial charge in [-0.05, 0) is 43.5 Å². The number of aryl methyl sites for hydroxylation is 2. The Hall–Kier alpha value is -3.17. The fraction of sp³-hybridized carbons (Fsp3) is 0.280. The van der Waals surface area contributed by atoms with E-state index in [1.54, 1.807) is 18.3 Å². The van der Waals surface area contributed by atoms with Gasteiger partial charge < -0.3 is 14.6 Å². The van der Waals surface area contributed by atoms with Crippen LogP contribution in [0.5, 0.6) is 0 Å². The normalized spacial score (nSPS) is 10.9. The monoisotopic (exact) mass is 493 g/mol. The second kappa shape index (κ2) is 11.8. The van der Waals surface area contributed by atoms with Crippen molar-refractivity contribution in [3.05, 3.63) is 82.6 Å². The quantitative estimate of drug-likeness (QED) is 0.225. The third kappa shape index (κ3) is 6.68. The summed E-state index contributed by atoms with van der Waals surface area (Å²) in [5, 5.41) is 15.8. The van der Waals surface area contributed by atoms with E-state index in [0.717, 1.165) is 35.3 Å². The van der Waals surface area contributed by atoms with Gasteiger partial charge in [0.25, 0.3) is 0 Å². The van der Waals surface area contributed by atoms with Gasteiger partial charge in [0.1, 0.15) is 5.82 Å². The van der Waals surface area contributed by atoms with E-state index in [9.17, 15) is 4.79 Å². The Balaban J connectivity index is 1.48. The summed E-state index contributed by atoms with van der Waals surface area (Å²) in [7, 11) is 0. The standard InChI is InChI=1S/C25H27N5O2S2/c1-3-32-23(31)17-34-25-29-28-22(30(25)13-12-19-9-5-4-6-10-19)15-21-16-33-24(27-21)26-20-11-7-8-18(2)14-20/h4-11,14,16H,3,12-13,15,17H2,1-2H3,(H,26,27). The highest BCUT2D eigenvalue weighted by molar-refractivity contribution is 7.99. The van der Waals surface area contributed by atoms with E-state index >= 15 is 0 Å². The molecule has 2 heterocycles. The molecule has 2 aromatic carbocycles. The highest BCUT2D eigenvalue weighted by Crippen LogP contribution is 2.24. The SMILES string of the molecule is CCOC(=O)CSc1nnc(Cc2csc(Nc3cccc(C)c3)n2)n1CCc1ccccc1. The molecule has 0 aliphatic rings. The molecule has 0 amide bonds. The average Bonchev–Trinajstić information content (AvgIpc) is 3.44. The van der Waals surface area contributed by atoms with Crippen LogP contribution in [-0.4, -0.2) is 38.1 Å². The maximum Gasteiger partial charge on any atom is 0.316 e. The van der Waals surface area contributed by atoms with Crippen molar-refractivity contribution < 1.29 is 9.53 Å². The number of benzene rings is 2. The topological polar surface area (TPSA) is 81.9 Å². The minimum absolute atomic E-state index is 0.207. The van der Waals surface area contributed by atoms with Crippen LogP contribution in [0.25, 0.3) is 0 Å². The van der Waals surface area contributed by atoms with Crippen LogP contribution in [0.2, 0.25) is 0 Å². The van der Waals surface area contributed by atoms with Gasteiger partial charge in [-0.15, -0.1) is 21.5 Å². The summed E-state index contributed by atoms with van der Waals surface area (Å²) in [6.45, 7) is 4.96. The first kappa shape index (κ1) is 24.0. The zero-order chi connectivity index (χ0) is 23.8. The van der Waals surface area contributed by atoms with Crippen LogP contribution in [0, 0.1) is 6.92 Å². The number of thioether (sulfide) groups is 1. The van der Waals surface area contributed by atoms with Gasteiger partial charge in [0.15, 0.2) is 10.3 Å². The predicted molar refractivity (Wildman–Crippen MR) is 137 cm³/mol. The summed E-state index contributed by atoms with van der Waals surface area (Å²) in [4.78, 5) is 16.6. The van der Waals surface area contributed by atoms with Crippen LogP contribution in [0.1, 0.15) is 29.6 Å². The van der Waals surface area contributed by atoms with Gasteiger partial charge in [0.05, 0.1) is 24.5 Å². The predicted octanol–water partition coefficient (Wildman–Crippen LogP) is 5.28. The van der Waals surface area contributed by atoms with Crippen LogP contribution >= 0.6 is 23.1 Å². The number of esters is 1. The van der Waals surface area contributed by atoms with E-state index in [0.29, 0.717) is 18.2 Å². The Bertz CT molecular complexity index is 1220. The number of ether oxygens (including phenoxy) is 1. The lowest BCUT2D eigenvalue weighted by Gasteiger charge is -2.10. The van der Waals surface area contributed by atoms with Crippen molar-refractivity contribution in [1.82, 2.24) is 19.7 Å². The maximum absolute atomic E-state index is 11.9. The molecule has 176 valence electrons. The molecular weight excluding hydrogens is 466 g/mol. The average molecular weight is 494 g/mol. The molecule has 0 atom stereocenters. The van der Waals surface area contributed by atoms with Crippen molar-refractivity contribution in [2.45, 2.75) is 38.4 Å². The van der Waals surface area contributed by atoms with Crippen molar-refractivity contribution in [2.75, 3.05) is 17.7 Å². The minimum Gasteiger partial charge on any atom is -0.465 e. The second-order valence-corrected chi connectivity index (χ2v) is 9.50. The molecule has 1 N–H and O–H groups in total. The molecule has 4 aromatic rings. The molecule has 0 radical (unpaired) electrons. The van der Waals surface area contributed by atoms with Crippen LogP contribution in [0.4, 0.5) is 10.8 Å². The van der Waals surface area contributed by atoms with Gasteiger partial charge in [-0.1, -0.05) is 54.2 Å². The van der Waals surface area contributed by atoms with E-state index in [-0.39, 0.29) is 11.7 Å². The summed E-state index contributed by atoms with van der Waals surface area (Å²) in [6.07, 6.45) is 1.41. The zero-order valence-corrected chi connectivity index (χ0v) is 20.9. The molecule has 0 saturated heterocycles. The molecule has 0 aliphatic heterocycles. The number of carbonyl (C=O) groups is 1. The third-order valence-electron chi connectivity index (χ3n) is 5.05. The van der Waals surface area contributed by atoms with Crippen LogP contribution in [0.3, 0.4) is 0 Å². The summed E-state index contributed by atoms with van der Waals surface area (Å²) < 4.78 is 7.15. The first-order valence-corrected chi connectivity index (χ1v) is 13.0. The molecule has 0 fully saturated rings. The number of anilines is 2. The lowest BCUT2D eigenvalue weighted by atomic mass is 10.1. The molecule has 0 unspecified atom stereocenters. The first-order chi connectivity index (χ1) is 16.6. The van der Waals surface area contributed by atoms with Crippen LogP contribution < -0.4 is 5.32 Å². The largest absolute Gasteiger partial charge is 0.465 e. The Morgan fingerprint density at radius 3 is 2.79 bits per heavy atom. The zero-order valence-electron chi connectivity index (χ0n) is 19.2. The molecular formula is C25H27N5O2S2. The molecule has 7 nitrogen and oxygen atoms in total. The van der Waals surface area contributed by atoms with E-state index in [2.05, 4.69) is 51.3 Å². The van der Waals surface area contributed by atoms with Gasteiger partial charge in [-0.3, -0.25) is 4.79 Å². The molecule has 0 spiro atoms. The van der Waals surface area contributed by atoms with Crippen molar-refractivity contribution >= 4 is 39.9 Å². The molecule has 0 bridgehead atoms. The number of thiazole rings is 1. The van der Waals surface area contributed by atoms with E-state index in [1.165, 1.54) is 22.9 Å². The Morgan fingerprint density at radius 1 is 1.15 bits per heavy atom. The van der Waals surface area contributed by atoms with Crippen molar-refractivity contribution in [3.63, 3.8) is 0 Å². The molecule has 0 saturated carbocycles. The highest BCUT2D eigenvalue weighted by Gasteiger charge is 2.16. The van der Waals surface area contributed by atoms with E-state index in [4.69, 9.17) is 9.72 Å². The summed E-state index contributed by atoms with van der Waals surface area (Å²) in [5.41, 5.74) is 4.38. The smallest absolute Gasteiger partial charge is 0.316 e. The number of hydrogen-bond donors (Lipinski definition) is 1. The number of hydrogen-bond acceptors (Lipinski definition) is 8. The van der Waals surface area contributed by atoms with E-state index in [1.807, 2.05) is 35.7 Å². The summed E-state index contributed by atoms with van der Waals surface area (Å²) in [5.74, 6) is 0.784. The molecule has 9 heteroatoms. The Labute approximate surface area is 207 Å². The van der Waals surface area contributed by atoms with Crippen molar-refractivity contribution in [1.29, 1.82) is 0 Å². The molecule has 4 rings (SSSR count). The summed E-state index contributed by atoms with van der Waals surface area (Å²) >= 11 is 2.92. The number of carbonyl (C=O) groups excluding carboxylic acids is 1. The molecule has 34 heavy (non-hydrogen) atoms. The molecule has 2 aromatic heterocycles. The Kier molecular flexibility index (Phi) is 8.32. The summed E-state index contributed by atoms with van der Waals surface area (Å²) in [6, 6.07) is 18.5. The third-order valence-corrected chi connectivity index (χ3v) is 6.79. The number of nitrogens with zero attached hydrogens (tertiary/aromatic N) is 4. The maximum atomic E-state index is 11.9. The fourth-order valence-electron chi connectivity index (χ4n) is 3.45. The number of aromatic nitrogens is 4. The van der Waals surface area contributed by atoms with Gasteiger partial charge in [-0.25, -0.2) is 4.98 Å². The number of nitrogens with one attached hydrogen (secondary N) is 1. The van der Waals surface area contributed by atoms with Gasteiger partial charge in [-0.2, -0.15) is 0 Å². The fourth-order valence-corrected chi connectivity index (χ4v) is 4.96. The first-order valence-electron chi connectivity index (χ1n) is 11.1.